The first-order valence-electron chi connectivity index (χ1n) is 4.52. The molecule has 0 saturated carbocycles. The van der Waals surface area contributed by atoms with Gasteiger partial charge in [0.05, 0.1) is 12.1 Å². The zero-order chi connectivity index (χ0) is 10.8. The van der Waals surface area contributed by atoms with Gasteiger partial charge in [0.25, 0.3) is 0 Å². The molecule has 2 nitrogen and oxygen atoms in total. The SMILES string of the molecule is COCC(C)(N)c1cc(F)ccc1C. The summed E-state index contributed by atoms with van der Waals surface area (Å²) in [5.41, 5.74) is 7.16. The van der Waals surface area contributed by atoms with Crippen LogP contribution in [0.4, 0.5) is 4.39 Å². The summed E-state index contributed by atoms with van der Waals surface area (Å²) >= 11 is 0. The Balaban J connectivity index is 3.10. The van der Waals surface area contributed by atoms with Gasteiger partial charge in [0, 0.05) is 7.11 Å². The number of hydrogen-bond acceptors (Lipinski definition) is 2. The number of rotatable bonds is 3. The van der Waals surface area contributed by atoms with Gasteiger partial charge in [-0.2, -0.15) is 0 Å². The van der Waals surface area contributed by atoms with Gasteiger partial charge in [-0.3, -0.25) is 0 Å². The molecule has 0 radical (unpaired) electrons. The van der Waals surface area contributed by atoms with E-state index in [1.165, 1.54) is 12.1 Å². The minimum atomic E-state index is -0.638. The summed E-state index contributed by atoms with van der Waals surface area (Å²) in [6, 6.07) is 4.63. The first kappa shape index (κ1) is 11.1. The van der Waals surface area contributed by atoms with Crippen molar-refractivity contribution in [1.82, 2.24) is 0 Å². The molecule has 0 bridgehead atoms. The summed E-state index contributed by atoms with van der Waals surface area (Å²) in [7, 11) is 1.58. The highest BCUT2D eigenvalue weighted by atomic mass is 19.1. The van der Waals surface area contributed by atoms with Crippen molar-refractivity contribution in [2.24, 2.45) is 5.73 Å². The lowest BCUT2D eigenvalue weighted by Crippen LogP contribution is -2.38. The van der Waals surface area contributed by atoms with Gasteiger partial charge in [-0.1, -0.05) is 6.07 Å². The minimum Gasteiger partial charge on any atom is -0.382 e. The number of benzene rings is 1. The zero-order valence-corrected chi connectivity index (χ0v) is 8.80. The number of methoxy groups -OCH3 is 1. The van der Waals surface area contributed by atoms with E-state index in [0.29, 0.717) is 6.61 Å². The van der Waals surface area contributed by atoms with Gasteiger partial charge in [-0.25, -0.2) is 4.39 Å². The third-order valence-corrected chi connectivity index (χ3v) is 2.26. The maximum atomic E-state index is 13.0. The fourth-order valence-electron chi connectivity index (χ4n) is 1.59. The first-order valence-corrected chi connectivity index (χ1v) is 4.52. The summed E-state index contributed by atoms with van der Waals surface area (Å²) in [4.78, 5) is 0. The van der Waals surface area contributed by atoms with Crippen LogP contribution in [0.1, 0.15) is 18.1 Å². The molecule has 0 fully saturated rings. The molecule has 1 aromatic rings. The first-order chi connectivity index (χ1) is 6.47. The van der Waals surface area contributed by atoms with Crippen LogP contribution in [0.2, 0.25) is 0 Å². The van der Waals surface area contributed by atoms with Crippen LogP contribution in [0.5, 0.6) is 0 Å². The molecule has 1 atom stereocenters. The second kappa shape index (κ2) is 4.07. The van der Waals surface area contributed by atoms with Crippen molar-refractivity contribution in [2.75, 3.05) is 13.7 Å². The van der Waals surface area contributed by atoms with Gasteiger partial charge in [0.15, 0.2) is 0 Å². The number of halogens is 1. The second-order valence-electron chi connectivity index (χ2n) is 3.81. The van der Waals surface area contributed by atoms with Crippen molar-refractivity contribution in [3.8, 4) is 0 Å². The van der Waals surface area contributed by atoms with Crippen LogP contribution in [0, 0.1) is 12.7 Å². The molecule has 1 rings (SSSR count). The number of ether oxygens (including phenoxy) is 1. The molecule has 0 aliphatic carbocycles. The van der Waals surface area contributed by atoms with Crippen LogP contribution in [0.25, 0.3) is 0 Å². The normalized spacial score (nSPS) is 15.2. The van der Waals surface area contributed by atoms with Crippen molar-refractivity contribution in [2.45, 2.75) is 19.4 Å². The van der Waals surface area contributed by atoms with Gasteiger partial charge >= 0.3 is 0 Å². The smallest absolute Gasteiger partial charge is 0.123 e. The standard InChI is InChI=1S/C11H16FNO/c1-8-4-5-9(12)6-10(8)11(2,13)7-14-3/h4-6H,7,13H2,1-3H3. The largest absolute Gasteiger partial charge is 0.382 e. The van der Waals surface area contributed by atoms with Crippen LogP contribution >= 0.6 is 0 Å². The van der Waals surface area contributed by atoms with Crippen molar-refractivity contribution in [3.63, 3.8) is 0 Å². The lowest BCUT2D eigenvalue weighted by Gasteiger charge is -2.26. The fraction of sp³-hybridized carbons (Fsp3) is 0.455. The Morgan fingerprint density at radius 2 is 2.14 bits per heavy atom. The van der Waals surface area contributed by atoms with E-state index < -0.39 is 5.54 Å². The van der Waals surface area contributed by atoms with E-state index in [9.17, 15) is 4.39 Å². The van der Waals surface area contributed by atoms with Crippen molar-refractivity contribution >= 4 is 0 Å². The van der Waals surface area contributed by atoms with Gasteiger partial charge in [0.2, 0.25) is 0 Å². The third kappa shape index (κ3) is 2.30. The molecule has 0 aromatic heterocycles. The molecule has 3 heteroatoms. The van der Waals surface area contributed by atoms with Gasteiger partial charge in [-0.15, -0.1) is 0 Å². The van der Waals surface area contributed by atoms with Gasteiger partial charge < -0.3 is 10.5 Å². The molecule has 1 aromatic carbocycles. The minimum absolute atomic E-state index is 0.265. The predicted octanol–water partition coefficient (Wildman–Crippen LogP) is 1.95. The molecule has 2 N–H and O–H groups in total. The third-order valence-electron chi connectivity index (χ3n) is 2.26. The highest BCUT2D eigenvalue weighted by Crippen LogP contribution is 2.22. The topological polar surface area (TPSA) is 35.2 Å². The summed E-state index contributed by atoms with van der Waals surface area (Å²) in [5, 5.41) is 0. The van der Waals surface area contributed by atoms with Crippen molar-refractivity contribution in [1.29, 1.82) is 0 Å². The predicted molar refractivity (Wildman–Crippen MR) is 54.6 cm³/mol. The van der Waals surface area contributed by atoms with E-state index in [1.807, 2.05) is 13.8 Å². The second-order valence-corrected chi connectivity index (χ2v) is 3.81. The van der Waals surface area contributed by atoms with Gasteiger partial charge in [-0.05, 0) is 37.1 Å². The van der Waals surface area contributed by atoms with Crippen LogP contribution in [0.15, 0.2) is 18.2 Å². The fourth-order valence-corrected chi connectivity index (χ4v) is 1.59. The number of hydrogen-bond donors (Lipinski definition) is 1. The highest BCUT2D eigenvalue weighted by molar-refractivity contribution is 5.32. The molecule has 0 aliphatic rings. The molecule has 0 spiro atoms. The molecule has 0 heterocycles. The van der Waals surface area contributed by atoms with Crippen LogP contribution in [-0.4, -0.2) is 13.7 Å². The summed E-state index contributed by atoms with van der Waals surface area (Å²) in [6.07, 6.45) is 0. The molecular formula is C11H16FNO. The molecule has 1 unspecified atom stereocenters. The van der Waals surface area contributed by atoms with Crippen molar-refractivity contribution < 1.29 is 9.13 Å². The molecule has 78 valence electrons. The Morgan fingerprint density at radius 3 is 2.71 bits per heavy atom. The summed E-state index contributed by atoms with van der Waals surface area (Å²) < 4.78 is 18.0. The number of aryl methyl sites for hydroxylation is 1. The Labute approximate surface area is 83.9 Å². The van der Waals surface area contributed by atoms with Crippen LogP contribution < -0.4 is 5.73 Å². The molecule has 0 saturated heterocycles. The molecular weight excluding hydrogens is 181 g/mol. The van der Waals surface area contributed by atoms with E-state index in [4.69, 9.17) is 10.5 Å². The average molecular weight is 197 g/mol. The quantitative estimate of drug-likeness (QED) is 0.803. The molecule has 0 amide bonds. The van der Waals surface area contributed by atoms with Crippen LogP contribution in [0.3, 0.4) is 0 Å². The summed E-state index contributed by atoms with van der Waals surface area (Å²) in [6.45, 7) is 4.12. The maximum Gasteiger partial charge on any atom is 0.123 e. The van der Waals surface area contributed by atoms with Crippen LogP contribution in [-0.2, 0) is 10.3 Å². The van der Waals surface area contributed by atoms with Crippen molar-refractivity contribution in [3.05, 3.63) is 35.1 Å². The Morgan fingerprint density at radius 1 is 1.50 bits per heavy atom. The highest BCUT2D eigenvalue weighted by Gasteiger charge is 2.23. The average Bonchev–Trinajstić information content (AvgIpc) is 2.09. The zero-order valence-electron chi connectivity index (χ0n) is 8.80. The van der Waals surface area contributed by atoms with E-state index in [2.05, 4.69) is 0 Å². The Bertz CT molecular complexity index is 323. The molecule has 0 aliphatic heterocycles. The monoisotopic (exact) mass is 197 g/mol. The summed E-state index contributed by atoms with van der Waals surface area (Å²) in [5.74, 6) is -0.265. The Kier molecular flexibility index (Phi) is 3.24. The van der Waals surface area contributed by atoms with E-state index in [0.717, 1.165) is 11.1 Å². The molecule has 14 heavy (non-hydrogen) atoms. The van der Waals surface area contributed by atoms with E-state index in [1.54, 1.807) is 13.2 Å². The van der Waals surface area contributed by atoms with Gasteiger partial charge in [0.1, 0.15) is 5.82 Å². The maximum absolute atomic E-state index is 13.0. The lowest BCUT2D eigenvalue weighted by molar-refractivity contribution is 0.140. The van der Waals surface area contributed by atoms with E-state index in [-0.39, 0.29) is 5.82 Å². The van der Waals surface area contributed by atoms with E-state index >= 15 is 0 Å². The number of nitrogens with two attached hydrogens (primary N) is 1. The lowest BCUT2D eigenvalue weighted by atomic mass is 9.90. The Hall–Kier alpha value is -0.930.